The van der Waals surface area contributed by atoms with Gasteiger partial charge in [0.05, 0.1) is 0 Å². The van der Waals surface area contributed by atoms with E-state index in [1.54, 1.807) is 20.8 Å². The lowest BCUT2D eigenvalue weighted by Crippen LogP contribution is -2.44. The molecule has 6 nitrogen and oxygen atoms in total. The Morgan fingerprint density at radius 2 is 2.11 bits per heavy atom. The third kappa shape index (κ3) is 4.30. The maximum Gasteiger partial charge on any atom is 0.410 e. The number of carbonyl (C=O) groups excluding carboxylic acids is 2. The van der Waals surface area contributed by atoms with Crippen LogP contribution in [0, 0.1) is 5.92 Å². The molecule has 0 bridgehead atoms. The van der Waals surface area contributed by atoms with Crippen LogP contribution >= 0.6 is 0 Å². The summed E-state index contributed by atoms with van der Waals surface area (Å²) in [6, 6.07) is 0. The van der Waals surface area contributed by atoms with Crippen LogP contribution in [0.25, 0.3) is 5.53 Å². The van der Waals surface area contributed by atoms with Crippen LogP contribution in [0.15, 0.2) is 0 Å². The molecule has 18 heavy (non-hydrogen) atoms. The lowest BCUT2D eigenvalue weighted by atomic mass is 9.94. The molecule has 1 aliphatic rings. The van der Waals surface area contributed by atoms with Crippen LogP contribution in [0.4, 0.5) is 4.79 Å². The number of piperidine rings is 1. The molecule has 1 aliphatic heterocycles. The van der Waals surface area contributed by atoms with E-state index in [0.29, 0.717) is 19.5 Å². The number of carbonyl (C=O) groups is 2. The molecule has 1 amide bonds. The molecule has 1 fully saturated rings. The van der Waals surface area contributed by atoms with Crippen molar-refractivity contribution in [2.45, 2.75) is 39.2 Å². The van der Waals surface area contributed by atoms with E-state index < -0.39 is 11.7 Å². The van der Waals surface area contributed by atoms with Crippen LogP contribution < -0.4 is 0 Å². The molecular weight excluding hydrogens is 234 g/mol. The zero-order valence-electron chi connectivity index (χ0n) is 11.0. The Morgan fingerprint density at radius 3 is 2.67 bits per heavy atom. The van der Waals surface area contributed by atoms with Gasteiger partial charge in [-0.3, -0.25) is 4.79 Å². The molecule has 0 aromatic heterocycles. The second-order valence-corrected chi connectivity index (χ2v) is 5.41. The monoisotopic (exact) mass is 253 g/mol. The minimum absolute atomic E-state index is 0.259. The van der Waals surface area contributed by atoms with Crippen LogP contribution in [0.2, 0.25) is 0 Å². The van der Waals surface area contributed by atoms with Crippen LogP contribution in [0.3, 0.4) is 0 Å². The molecule has 1 atom stereocenters. The van der Waals surface area contributed by atoms with Gasteiger partial charge < -0.3 is 15.2 Å². The lowest BCUT2D eigenvalue weighted by molar-refractivity contribution is -0.121. The normalized spacial score (nSPS) is 19.9. The molecule has 0 aliphatic carbocycles. The van der Waals surface area contributed by atoms with Gasteiger partial charge in [0.1, 0.15) is 5.60 Å². The summed E-state index contributed by atoms with van der Waals surface area (Å²) in [5, 5.41) is 0. The van der Waals surface area contributed by atoms with Gasteiger partial charge in [-0.25, -0.2) is 4.79 Å². The zero-order valence-corrected chi connectivity index (χ0v) is 11.0. The number of amides is 1. The van der Waals surface area contributed by atoms with E-state index in [1.807, 2.05) is 0 Å². The summed E-state index contributed by atoms with van der Waals surface area (Å²) in [6.07, 6.45) is 1.93. The first-order valence-corrected chi connectivity index (χ1v) is 6.02. The minimum atomic E-state index is -0.541. The first kappa shape index (κ1) is 14.4. The minimum Gasteiger partial charge on any atom is -0.444 e. The summed E-state index contributed by atoms with van der Waals surface area (Å²) < 4.78 is 5.26. The number of hydrogen-bond acceptors (Lipinski definition) is 3. The van der Waals surface area contributed by atoms with E-state index >= 15 is 0 Å². The summed E-state index contributed by atoms with van der Waals surface area (Å²) in [6.45, 7) is 6.32. The second-order valence-electron chi connectivity index (χ2n) is 5.41. The van der Waals surface area contributed by atoms with E-state index in [4.69, 9.17) is 10.3 Å². The van der Waals surface area contributed by atoms with Crippen LogP contribution in [0.5, 0.6) is 0 Å². The molecule has 0 radical (unpaired) electrons. The summed E-state index contributed by atoms with van der Waals surface area (Å²) in [5.41, 5.74) is 7.80. The number of nitrogens with zero attached hydrogens (tertiary/aromatic N) is 3. The number of ketones is 1. The van der Waals surface area contributed by atoms with Crippen LogP contribution in [-0.4, -0.2) is 46.5 Å². The summed E-state index contributed by atoms with van der Waals surface area (Å²) in [5.74, 6) is -0.562. The van der Waals surface area contributed by atoms with Gasteiger partial charge in [-0.2, -0.15) is 4.79 Å². The van der Waals surface area contributed by atoms with E-state index in [2.05, 4.69) is 4.79 Å². The molecule has 1 rings (SSSR count). The summed E-state index contributed by atoms with van der Waals surface area (Å²) in [4.78, 5) is 27.7. The molecule has 1 heterocycles. The third-order valence-electron chi connectivity index (χ3n) is 2.66. The van der Waals surface area contributed by atoms with E-state index in [-0.39, 0.29) is 11.7 Å². The quantitative estimate of drug-likeness (QED) is 0.425. The molecule has 0 N–H and O–H groups in total. The highest BCUT2D eigenvalue weighted by Gasteiger charge is 2.31. The number of hydrogen-bond donors (Lipinski definition) is 0. The average Bonchev–Trinajstić information content (AvgIpc) is 2.27. The number of ether oxygens (including phenoxy) is 1. The second kappa shape index (κ2) is 5.78. The van der Waals surface area contributed by atoms with Crippen molar-refractivity contribution in [3.8, 4) is 0 Å². The van der Waals surface area contributed by atoms with Gasteiger partial charge in [-0.1, -0.05) is 0 Å². The SMILES string of the molecule is CC(C)(C)OC(=O)N1CCCC(C(=O)C=[N+]=[N-])C1. The van der Waals surface area contributed by atoms with Gasteiger partial charge in [0.25, 0.3) is 0 Å². The van der Waals surface area contributed by atoms with Crippen molar-refractivity contribution in [3.63, 3.8) is 0 Å². The molecule has 0 saturated carbocycles. The van der Waals surface area contributed by atoms with Crippen molar-refractivity contribution in [2.75, 3.05) is 13.1 Å². The predicted molar refractivity (Wildman–Crippen MR) is 65.2 cm³/mol. The first-order valence-electron chi connectivity index (χ1n) is 6.02. The Kier molecular flexibility index (Phi) is 4.62. The molecule has 0 aromatic rings. The third-order valence-corrected chi connectivity index (χ3v) is 2.66. The Hall–Kier alpha value is -1.68. The fraction of sp³-hybridized carbons (Fsp3) is 0.750. The van der Waals surface area contributed by atoms with Crippen molar-refractivity contribution in [1.29, 1.82) is 0 Å². The van der Waals surface area contributed by atoms with Crippen molar-refractivity contribution in [3.05, 3.63) is 5.53 Å². The van der Waals surface area contributed by atoms with Gasteiger partial charge in [-0.15, -0.1) is 0 Å². The summed E-state index contributed by atoms with van der Waals surface area (Å²) >= 11 is 0. The molecule has 100 valence electrons. The van der Waals surface area contributed by atoms with E-state index in [1.165, 1.54) is 4.90 Å². The van der Waals surface area contributed by atoms with Crippen LogP contribution in [-0.2, 0) is 9.53 Å². The number of rotatable bonds is 2. The molecule has 0 aromatic carbocycles. The van der Waals surface area contributed by atoms with Gasteiger partial charge in [-0.05, 0) is 33.6 Å². The molecular formula is C12H19N3O3. The molecule has 1 unspecified atom stereocenters. The lowest BCUT2D eigenvalue weighted by Gasteiger charge is -2.32. The van der Waals surface area contributed by atoms with Gasteiger partial charge in [0.15, 0.2) is 0 Å². The highest BCUT2D eigenvalue weighted by molar-refractivity contribution is 6.26. The highest BCUT2D eigenvalue weighted by atomic mass is 16.6. The Balaban J connectivity index is 2.61. The van der Waals surface area contributed by atoms with E-state index in [9.17, 15) is 9.59 Å². The standard InChI is InChI=1S/C12H19N3O3/c1-12(2,3)18-11(17)15-6-4-5-9(8-15)10(16)7-14-13/h7,9H,4-6,8H2,1-3H3. The Bertz CT molecular complexity index is 381. The van der Waals surface area contributed by atoms with Gasteiger partial charge >= 0.3 is 12.3 Å². The van der Waals surface area contributed by atoms with Gasteiger partial charge in [0, 0.05) is 19.0 Å². The van der Waals surface area contributed by atoms with Crippen molar-refractivity contribution < 1.29 is 19.1 Å². The largest absolute Gasteiger partial charge is 0.444 e. The van der Waals surface area contributed by atoms with Gasteiger partial charge in [0.2, 0.25) is 5.78 Å². The molecule has 0 spiro atoms. The fourth-order valence-corrected chi connectivity index (χ4v) is 1.86. The average molecular weight is 253 g/mol. The Labute approximate surface area is 107 Å². The van der Waals surface area contributed by atoms with Crippen molar-refractivity contribution in [2.24, 2.45) is 5.92 Å². The first-order chi connectivity index (χ1) is 8.33. The van der Waals surface area contributed by atoms with Crippen LogP contribution in [0.1, 0.15) is 33.6 Å². The van der Waals surface area contributed by atoms with Crippen molar-refractivity contribution >= 4 is 18.1 Å². The smallest absolute Gasteiger partial charge is 0.410 e. The number of Topliss-reactive ketones (excluding diaryl/α,β-unsaturated/α-hetero) is 1. The highest BCUT2D eigenvalue weighted by Crippen LogP contribution is 2.19. The van der Waals surface area contributed by atoms with Crippen molar-refractivity contribution in [1.82, 2.24) is 4.90 Å². The maximum absolute atomic E-state index is 11.8. The fourth-order valence-electron chi connectivity index (χ4n) is 1.86. The maximum atomic E-state index is 11.8. The Morgan fingerprint density at radius 1 is 1.44 bits per heavy atom. The number of likely N-dealkylation sites (tertiary alicyclic amines) is 1. The molecule has 1 saturated heterocycles. The zero-order chi connectivity index (χ0) is 13.8. The molecule has 6 heteroatoms. The topological polar surface area (TPSA) is 83.0 Å². The van der Waals surface area contributed by atoms with E-state index in [0.717, 1.165) is 12.6 Å². The summed E-state index contributed by atoms with van der Waals surface area (Å²) in [7, 11) is 0. The predicted octanol–water partition coefficient (Wildman–Crippen LogP) is 1.50.